The van der Waals surface area contributed by atoms with Crippen LogP contribution in [0.4, 0.5) is 5.69 Å². The van der Waals surface area contributed by atoms with E-state index in [4.69, 9.17) is 16.7 Å². The quantitative estimate of drug-likeness (QED) is 0.821. The molecule has 1 aromatic carbocycles. The second-order valence-corrected chi connectivity index (χ2v) is 7.47. The Morgan fingerprint density at radius 3 is 2.38 bits per heavy atom. The molecular formula is C17H24ClNO2. The van der Waals surface area contributed by atoms with Crippen molar-refractivity contribution >= 4 is 23.3 Å². The van der Waals surface area contributed by atoms with Gasteiger partial charge in [-0.05, 0) is 55.2 Å². The van der Waals surface area contributed by atoms with E-state index >= 15 is 0 Å². The zero-order valence-electron chi connectivity index (χ0n) is 12.9. The summed E-state index contributed by atoms with van der Waals surface area (Å²) in [5.41, 5.74) is 1.38. The molecule has 0 radical (unpaired) electrons. The van der Waals surface area contributed by atoms with Crippen molar-refractivity contribution in [3.05, 3.63) is 28.8 Å². The van der Waals surface area contributed by atoms with Crippen molar-refractivity contribution in [2.24, 2.45) is 11.3 Å². The maximum atomic E-state index is 11.1. The van der Waals surface area contributed by atoms with Crippen LogP contribution in [0, 0.1) is 11.3 Å². The SMILES string of the molecule is CC(C)(C)C1CCC(Nc2ccc(Cl)c(C(=O)O)c2)CC1. The third-order valence-corrected chi connectivity index (χ3v) is 4.85. The Bertz CT molecular complexity index is 514. The van der Waals surface area contributed by atoms with Gasteiger partial charge in [-0.2, -0.15) is 0 Å². The molecule has 1 aliphatic carbocycles. The summed E-state index contributed by atoms with van der Waals surface area (Å²) in [6.07, 6.45) is 4.71. The molecule has 116 valence electrons. The molecule has 3 nitrogen and oxygen atoms in total. The van der Waals surface area contributed by atoms with Gasteiger partial charge in [-0.3, -0.25) is 0 Å². The third-order valence-electron chi connectivity index (χ3n) is 4.52. The van der Waals surface area contributed by atoms with Gasteiger partial charge in [0.05, 0.1) is 10.6 Å². The summed E-state index contributed by atoms with van der Waals surface area (Å²) in [4.78, 5) is 11.1. The average molecular weight is 310 g/mol. The molecule has 0 atom stereocenters. The van der Waals surface area contributed by atoms with Crippen molar-refractivity contribution in [2.75, 3.05) is 5.32 Å². The van der Waals surface area contributed by atoms with Gasteiger partial charge in [-0.25, -0.2) is 4.79 Å². The predicted octanol–water partition coefficient (Wildman–Crippen LogP) is 5.06. The number of aromatic carboxylic acids is 1. The van der Waals surface area contributed by atoms with Crippen LogP contribution in [0.25, 0.3) is 0 Å². The topological polar surface area (TPSA) is 49.3 Å². The minimum atomic E-state index is -0.986. The van der Waals surface area contributed by atoms with Gasteiger partial charge in [0, 0.05) is 11.7 Å². The first kappa shape index (κ1) is 16.2. The number of carboxylic acids is 1. The second kappa shape index (κ2) is 6.27. The van der Waals surface area contributed by atoms with Gasteiger partial charge in [0.25, 0.3) is 0 Å². The van der Waals surface area contributed by atoms with Gasteiger partial charge >= 0.3 is 5.97 Å². The number of anilines is 1. The highest BCUT2D eigenvalue weighted by molar-refractivity contribution is 6.33. The Morgan fingerprint density at radius 1 is 1.24 bits per heavy atom. The number of hydrogen-bond donors (Lipinski definition) is 2. The predicted molar refractivity (Wildman–Crippen MR) is 87.2 cm³/mol. The van der Waals surface area contributed by atoms with Crippen molar-refractivity contribution in [1.82, 2.24) is 0 Å². The fraction of sp³-hybridized carbons (Fsp3) is 0.588. The summed E-state index contributed by atoms with van der Waals surface area (Å²) in [7, 11) is 0. The van der Waals surface area contributed by atoms with Gasteiger partial charge in [0.2, 0.25) is 0 Å². The molecule has 4 heteroatoms. The number of benzene rings is 1. The van der Waals surface area contributed by atoms with E-state index in [2.05, 4.69) is 26.1 Å². The molecule has 0 heterocycles. The van der Waals surface area contributed by atoms with Crippen molar-refractivity contribution in [3.63, 3.8) is 0 Å². The molecule has 0 saturated heterocycles. The van der Waals surface area contributed by atoms with Crippen molar-refractivity contribution < 1.29 is 9.90 Å². The lowest BCUT2D eigenvalue weighted by Gasteiger charge is -2.37. The van der Waals surface area contributed by atoms with Crippen LogP contribution in [-0.4, -0.2) is 17.1 Å². The number of hydrogen-bond acceptors (Lipinski definition) is 2. The standard InChI is InChI=1S/C17H24ClNO2/c1-17(2,3)11-4-6-12(7-5-11)19-13-8-9-15(18)14(10-13)16(20)21/h8-12,19H,4-7H2,1-3H3,(H,20,21). The monoisotopic (exact) mass is 309 g/mol. The highest BCUT2D eigenvalue weighted by atomic mass is 35.5. The van der Waals surface area contributed by atoms with Crippen molar-refractivity contribution in [3.8, 4) is 0 Å². The molecule has 2 rings (SSSR count). The van der Waals surface area contributed by atoms with Crippen LogP contribution in [-0.2, 0) is 0 Å². The van der Waals surface area contributed by atoms with Gasteiger partial charge in [-0.15, -0.1) is 0 Å². The minimum Gasteiger partial charge on any atom is -0.478 e. The van der Waals surface area contributed by atoms with E-state index in [1.807, 2.05) is 6.07 Å². The molecule has 1 aromatic rings. The van der Waals surface area contributed by atoms with E-state index < -0.39 is 5.97 Å². The highest BCUT2D eigenvalue weighted by Gasteiger charge is 2.29. The van der Waals surface area contributed by atoms with E-state index in [-0.39, 0.29) is 10.6 Å². The smallest absolute Gasteiger partial charge is 0.337 e. The number of nitrogens with one attached hydrogen (secondary N) is 1. The van der Waals surface area contributed by atoms with Crippen LogP contribution >= 0.6 is 11.6 Å². The van der Waals surface area contributed by atoms with Crippen molar-refractivity contribution in [2.45, 2.75) is 52.5 Å². The van der Waals surface area contributed by atoms with Crippen LogP contribution in [0.15, 0.2) is 18.2 Å². The molecule has 0 aliphatic heterocycles. The maximum absolute atomic E-state index is 11.1. The summed E-state index contributed by atoms with van der Waals surface area (Å²) in [5, 5.41) is 12.8. The van der Waals surface area contributed by atoms with Gasteiger partial charge in [0.1, 0.15) is 0 Å². The number of halogens is 1. The molecule has 0 amide bonds. The summed E-state index contributed by atoms with van der Waals surface area (Å²) in [6.45, 7) is 6.93. The Kier molecular flexibility index (Phi) is 4.82. The molecule has 0 aromatic heterocycles. The third kappa shape index (κ3) is 4.13. The molecule has 1 saturated carbocycles. The number of rotatable bonds is 3. The van der Waals surface area contributed by atoms with E-state index in [0.717, 1.165) is 24.4 Å². The van der Waals surface area contributed by atoms with Gasteiger partial charge < -0.3 is 10.4 Å². The zero-order valence-corrected chi connectivity index (χ0v) is 13.7. The maximum Gasteiger partial charge on any atom is 0.337 e. The van der Waals surface area contributed by atoms with Gasteiger partial charge in [0.15, 0.2) is 0 Å². The summed E-state index contributed by atoms with van der Waals surface area (Å²) >= 11 is 5.89. The van der Waals surface area contributed by atoms with E-state index in [1.54, 1.807) is 12.1 Å². The Morgan fingerprint density at radius 2 is 1.86 bits per heavy atom. The van der Waals surface area contributed by atoms with E-state index in [1.165, 1.54) is 12.8 Å². The number of carbonyl (C=O) groups is 1. The Labute approximate surface area is 131 Å². The van der Waals surface area contributed by atoms with Crippen LogP contribution in [0.5, 0.6) is 0 Å². The summed E-state index contributed by atoms with van der Waals surface area (Å²) in [5.74, 6) is -0.213. The number of carboxylic acid groups (broad SMARTS) is 1. The molecular weight excluding hydrogens is 286 g/mol. The highest BCUT2D eigenvalue weighted by Crippen LogP contribution is 2.38. The van der Waals surface area contributed by atoms with Crippen LogP contribution < -0.4 is 5.32 Å². The largest absolute Gasteiger partial charge is 0.478 e. The summed E-state index contributed by atoms with van der Waals surface area (Å²) < 4.78 is 0. The van der Waals surface area contributed by atoms with E-state index in [0.29, 0.717) is 11.5 Å². The van der Waals surface area contributed by atoms with E-state index in [9.17, 15) is 4.79 Å². The second-order valence-electron chi connectivity index (χ2n) is 7.06. The lowest BCUT2D eigenvalue weighted by Crippen LogP contribution is -2.31. The molecule has 0 bridgehead atoms. The molecule has 21 heavy (non-hydrogen) atoms. The minimum absolute atomic E-state index is 0.157. The summed E-state index contributed by atoms with van der Waals surface area (Å²) in [6, 6.07) is 5.55. The molecule has 1 aliphatic rings. The van der Waals surface area contributed by atoms with Crippen LogP contribution in [0.1, 0.15) is 56.8 Å². The first-order valence-corrected chi connectivity index (χ1v) is 7.94. The average Bonchev–Trinajstić information content (AvgIpc) is 2.40. The molecule has 1 fully saturated rings. The van der Waals surface area contributed by atoms with Crippen molar-refractivity contribution in [1.29, 1.82) is 0 Å². The molecule has 2 N–H and O–H groups in total. The first-order chi connectivity index (χ1) is 9.77. The Hall–Kier alpha value is -1.22. The lowest BCUT2D eigenvalue weighted by molar-refractivity contribution is 0.0697. The van der Waals surface area contributed by atoms with Crippen LogP contribution in [0.2, 0.25) is 5.02 Å². The zero-order chi connectivity index (χ0) is 15.6. The fourth-order valence-corrected chi connectivity index (χ4v) is 3.32. The fourth-order valence-electron chi connectivity index (χ4n) is 3.12. The Balaban J connectivity index is 1.98. The van der Waals surface area contributed by atoms with Gasteiger partial charge in [-0.1, -0.05) is 32.4 Å². The normalized spacial score (nSPS) is 22.9. The first-order valence-electron chi connectivity index (χ1n) is 7.57. The molecule has 0 unspecified atom stereocenters. The molecule has 0 spiro atoms. The van der Waals surface area contributed by atoms with Crippen LogP contribution in [0.3, 0.4) is 0 Å². The lowest BCUT2D eigenvalue weighted by atomic mass is 9.71.